The first kappa shape index (κ1) is 8.71. The molecule has 0 aromatic carbocycles. The molecule has 0 aromatic rings. The zero-order valence-electron chi connectivity index (χ0n) is 6.18. The van der Waals surface area contributed by atoms with E-state index < -0.39 is 0 Å². The molecule has 0 saturated carbocycles. The van der Waals surface area contributed by atoms with Gasteiger partial charge in [-0.1, -0.05) is 15.9 Å². The van der Waals surface area contributed by atoms with Gasteiger partial charge >= 0.3 is 0 Å². The van der Waals surface area contributed by atoms with Crippen LogP contribution in [0.1, 0.15) is 19.3 Å². The van der Waals surface area contributed by atoms with Crippen molar-refractivity contribution in [3.63, 3.8) is 0 Å². The van der Waals surface area contributed by atoms with Crippen molar-refractivity contribution in [2.24, 2.45) is 0 Å². The molecule has 0 N–H and O–H groups in total. The van der Waals surface area contributed by atoms with E-state index in [0.717, 1.165) is 6.42 Å². The van der Waals surface area contributed by atoms with Gasteiger partial charge in [0, 0.05) is 24.7 Å². The minimum Gasteiger partial charge on any atom is -0.282 e. The molecule has 0 atom stereocenters. The van der Waals surface area contributed by atoms with Gasteiger partial charge in [-0.25, -0.2) is 0 Å². The molecule has 0 unspecified atom stereocenters. The van der Waals surface area contributed by atoms with Gasteiger partial charge in [-0.3, -0.25) is 14.5 Å². The maximum atomic E-state index is 11.1. The van der Waals surface area contributed by atoms with Crippen molar-refractivity contribution in [1.29, 1.82) is 0 Å². The van der Waals surface area contributed by atoms with Gasteiger partial charge in [0.2, 0.25) is 11.8 Å². The van der Waals surface area contributed by atoms with Crippen molar-refractivity contribution in [3.05, 3.63) is 0 Å². The van der Waals surface area contributed by atoms with Crippen LogP contribution in [-0.4, -0.2) is 28.6 Å². The Kier molecular flexibility index (Phi) is 3.05. The van der Waals surface area contributed by atoms with Gasteiger partial charge < -0.3 is 0 Å². The van der Waals surface area contributed by atoms with Gasteiger partial charge in [0.25, 0.3) is 0 Å². The monoisotopic (exact) mass is 219 g/mol. The van der Waals surface area contributed by atoms with Gasteiger partial charge in [0.05, 0.1) is 0 Å². The number of halogens is 1. The lowest BCUT2D eigenvalue weighted by molar-refractivity contribution is -0.147. The van der Waals surface area contributed by atoms with Crippen molar-refractivity contribution >= 4 is 27.7 Å². The third kappa shape index (κ3) is 2.02. The zero-order chi connectivity index (χ0) is 8.27. The smallest absolute Gasteiger partial charge is 0.229 e. The summed E-state index contributed by atoms with van der Waals surface area (Å²) in [5.74, 6) is -0.0543. The normalized spacial score (nSPS) is 19.2. The Hall–Kier alpha value is -0.380. The molecule has 0 aromatic heterocycles. The highest BCUT2D eigenvalue weighted by atomic mass is 79.9. The van der Waals surface area contributed by atoms with Gasteiger partial charge in [-0.05, 0) is 6.42 Å². The Morgan fingerprint density at radius 1 is 1.27 bits per heavy atom. The second kappa shape index (κ2) is 3.85. The Labute approximate surface area is 73.9 Å². The molecule has 0 spiro atoms. The predicted octanol–water partition coefficient (Wildman–Crippen LogP) is 0.920. The number of hydrogen-bond acceptors (Lipinski definition) is 2. The number of imide groups is 1. The molecule has 62 valence electrons. The van der Waals surface area contributed by atoms with E-state index in [4.69, 9.17) is 0 Å². The van der Waals surface area contributed by atoms with E-state index in [-0.39, 0.29) is 11.8 Å². The Bertz CT molecular complexity index is 165. The Balaban J connectivity index is 2.55. The number of carbonyl (C=O) groups is 2. The fraction of sp³-hybridized carbons (Fsp3) is 0.714. The molecule has 1 saturated heterocycles. The number of nitrogens with zero attached hydrogens (tertiary/aromatic N) is 1. The summed E-state index contributed by atoms with van der Waals surface area (Å²) in [6.07, 6.45) is 1.77. The molecular formula is C7H10BrNO2. The molecule has 1 aliphatic heterocycles. The van der Waals surface area contributed by atoms with Crippen LogP contribution in [-0.2, 0) is 9.59 Å². The zero-order valence-corrected chi connectivity index (χ0v) is 7.76. The number of amides is 2. The average molecular weight is 220 g/mol. The van der Waals surface area contributed by atoms with E-state index in [0.29, 0.717) is 24.7 Å². The molecular weight excluding hydrogens is 210 g/mol. The van der Waals surface area contributed by atoms with Crippen LogP contribution in [0.5, 0.6) is 0 Å². The number of carbonyl (C=O) groups excluding carboxylic acids is 2. The number of piperidine rings is 1. The SMILES string of the molecule is O=C1CCCC(=O)N1CCBr. The topological polar surface area (TPSA) is 37.4 Å². The lowest BCUT2D eigenvalue weighted by Gasteiger charge is -2.23. The van der Waals surface area contributed by atoms with Crippen molar-refractivity contribution in [2.45, 2.75) is 19.3 Å². The minimum absolute atomic E-state index is 0.0271. The van der Waals surface area contributed by atoms with E-state index in [1.165, 1.54) is 4.90 Å². The first-order valence-electron chi connectivity index (χ1n) is 3.65. The quantitative estimate of drug-likeness (QED) is 0.512. The molecule has 11 heavy (non-hydrogen) atoms. The number of rotatable bonds is 2. The summed E-state index contributed by atoms with van der Waals surface area (Å²) in [5, 5.41) is 0.671. The molecule has 1 heterocycles. The number of alkyl halides is 1. The lowest BCUT2D eigenvalue weighted by Crippen LogP contribution is -2.41. The maximum Gasteiger partial charge on any atom is 0.229 e. The fourth-order valence-corrected chi connectivity index (χ4v) is 1.49. The predicted molar refractivity (Wildman–Crippen MR) is 44.4 cm³/mol. The van der Waals surface area contributed by atoms with Crippen LogP contribution in [0.15, 0.2) is 0 Å². The molecule has 3 nitrogen and oxygen atoms in total. The van der Waals surface area contributed by atoms with Gasteiger partial charge in [-0.15, -0.1) is 0 Å². The van der Waals surface area contributed by atoms with Crippen molar-refractivity contribution < 1.29 is 9.59 Å². The summed E-state index contributed by atoms with van der Waals surface area (Å²) < 4.78 is 0. The van der Waals surface area contributed by atoms with Crippen LogP contribution < -0.4 is 0 Å². The highest BCUT2D eigenvalue weighted by molar-refractivity contribution is 9.09. The summed E-state index contributed by atoms with van der Waals surface area (Å²) in [6, 6.07) is 0. The summed E-state index contributed by atoms with van der Waals surface area (Å²) in [6.45, 7) is 0.512. The molecule has 0 bridgehead atoms. The minimum atomic E-state index is -0.0271. The lowest BCUT2D eigenvalue weighted by atomic mass is 10.1. The van der Waals surface area contributed by atoms with Crippen LogP contribution in [0.3, 0.4) is 0 Å². The van der Waals surface area contributed by atoms with Gasteiger partial charge in [-0.2, -0.15) is 0 Å². The largest absolute Gasteiger partial charge is 0.282 e. The third-order valence-electron chi connectivity index (χ3n) is 1.69. The highest BCUT2D eigenvalue weighted by Gasteiger charge is 2.24. The van der Waals surface area contributed by atoms with Crippen molar-refractivity contribution in [1.82, 2.24) is 4.90 Å². The maximum absolute atomic E-state index is 11.1. The molecule has 0 radical (unpaired) electrons. The summed E-state index contributed by atoms with van der Waals surface area (Å²) in [4.78, 5) is 23.5. The second-order valence-electron chi connectivity index (χ2n) is 2.48. The summed E-state index contributed by atoms with van der Waals surface area (Å²) in [7, 11) is 0. The highest BCUT2D eigenvalue weighted by Crippen LogP contribution is 2.11. The summed E-state index contributed by atoms with van der Waals surface area (Å²) >= 11 is 3.19. The average Bonchev–Trinajstić information content (AvgIpc) is 1.97. The fourth-order valence-electron chi connectivity index (χ4n) is 1.13. The molecule has 0 aliphatic carbocycles. The van der Waals surface area contributed by atoms with Crippen LogP contribution in [0.2, 0.25) is 0 Å². The van der Waals surface area contributed by atoms with Crippen LogP contribution in [0, 0.1) is 0 Å². The number of hydrogen-bond donors (Lipinski definition) is 0. The molecule has 1 aliphatic rings. The third-order valence-corrected chi connectivity index (χ3v) is 2.05. The molecule has 1 fully saturated rings. The number of likely N-dealkylation sites (tertiary alicyclic amines) is 1. The van der Waals surface area contributed by atoms with Crippen molar-refractivity contribution in [2.75, 3.05) is 11.9 Å². The standard InChI is InChI=1S/C7H10BrNO2/c8-4-5-9-6(10)2-1-3-7(9)11/h1-5H2. The Morgan fingerprint density at radius 2 is 1.82 bits per heavy atom. The first-order chi connectivity index (χ1) is 5.25. The van der Waals surface area contributed by atoms with E-state index in [1.807, 2.05) is 0 Å². The van der Waals surface area contributed by atoms with Crippen LogP contribution in [0.4, 0.5) is 0 Å². The van der Waals surface area contributed by atoms with Gasteiger partial charge in [0.1, 0.15) is 0 Å². The Morgan fingerprint density at radius 3 is 2.27 bits per heavy atom. The molecule has 4 heteroatoms. The summed E-state index contributed by atoms with van der Waals surface area (Å²) in [5.41, 5.74) is 0. The van der Waals surface area contributed by atoms with E-state index >= 15 is 0 Å². The van der Waals surface area contributed by atoms with E-state index in [2.05, 4.69) is 15.9 Å². The van der Waals surface area contributed by atoms with E-state index in [9.17, 15) is 9.59 Å². The van der Waals surface area contributed by atoms with Gasteiger partial charge in [0.15, 0.2) is 0 Å². The molecule has 1 rings (SSSR count). The van der Waals surface area contributed by atoms with Crippen LogP contribution in [0.25, 0.3) is 0 Å². The van der Waals surface area contributed by atoms with Crippen molar-refractivity contribution in [3.8, 4) is 0 Å². The first-order valence-corrected chi connectivity index (χ1v) is 4.77. The molecule has 2 amide bonds. The second-order valence-corrected chi connectivity index (χ2v) is 3.27. The van der Waals surface area contributed by atoms with E-state index in [1.54, 1.807) is 0 Å². The van der Waals surface area contributed by atoms with Crippen LogP contribution >= 0.6 is 15.9 Å².